The van der Waals surface area contributed by atoms with E-state index in [0.29, 0.717) is 36.4 Å². The molecule has 6 rings (SSSR count). The summed E-state index contributed by atoms with van der Waals surface area (Å²) >= 11 is 23.8. The zero-order valence-corrected chi connectivity index (χ0v) is 24.2. The maximum atomic E-state index is 14.2. The van der Waals surface area contributed by atoms with Gasteiger partial charge in [-0.25, -0.2) is 18.1 Å². The normalized spacial score (nSPS) is 14.2. The number of nitrogens with zero attached hydrogens (tertiary/aromatic N) is 5. The number of nitro benzene ring substituents is 1. The Morgan fingerprint density at radius 3 is 1.61 bits per heavy atom. The molecule has 15 heteroatoms. The van der Waals surface area contributed by atoms with E-state index in [-0.39, 0.29) is 38.0 Å². The van der Waals surface area contributed by atoms with Gasteiger partial charge in [0.1, 0.15) is 27.0 Å². The van der Waals surface area contributed by atoms with E-state index in [9.17, 15) is 28.5 Å². The van der Waals surface area contributed by atoms with Gasteiger partial charge in [0.2, 0.25) is 0 Å². The lowest BCUT2D eigenvalue weighted by atomic mass is 10.1. The highest BCUT2D eigenvalue weighted by Gasteiger charge is 2.27. The molecule has 0 bridgehead atoms. The summed E-state index contributed by atoms with van der Waals surface area (Å²) in [6, 6.07) is 6.01. The van der Waals surface area contributed by atoms with E-state index >= 15 is 0 Å². The summed E-state index contributed by atoms with van der Waals surface area (Å²) in [5.41, 5.74) is -1.03. The largest absolute Gasteiger partial charge is 0.288 e. The van der Waals surface area contributed by atoms with Gasteiger partial charge in [0.25, 0.3) is 16.8 Å². The summed E-state index contributed by atoms with van der Waals surface area (Å²) in [7, 11) is 0. The molecule has 9 nitrogen and oxygen atoms in total. The Hall–Kier alpha value is -3.12. The number of hydrogen-bond donors (Lipinski definition) is 0. The number of rotatable bonds is 3. The molecule has 216 valence electrons. The lowest BCUT2D eigenvalue weighted by Gasteiger charge is -2.17. The van der Waals surface area contributed by atoms with Gasteiger partial charge in [-0.2, -0.15) is 0 Å². The van der Waals surface area contributed by atoms with Crippen molar-refractivity contribution in [1.29, 1.82) is 0 Å². The molecule has 0 saturated carbocycles. The van der Waals surface area contributed by atoms with Crippen LogP contribution in [0.1, 0.15) is 25.7 Å². The zero-order chi connectivity index (χ0) is 29.6. The Kier molecular flexibility index (Phi) is 8.34. The maximum Gasteiger partial charge on any atom is 0.288 e. The first kappa shape index (κ1) is 29.4. The molecule has 0 atom stereocenters. The molecule has 0 amide bonds. The first-order valence-electron chi connectivity index (χ1n) is 12.6. The molecule has 0 aliphatic carbocycles. The Balaban J connectivity index is 0.000000166. The molecule has 4 aromatic rings. The van der Waals surface area contributed by atoms with Crippen LogP contribution in [0.3, 0.4) is 0 Å². The van der Waals surface area contributed by atoms with E-state index < -0.39 is 27.8 Å². The van der Waals surface area contributed by atoms with Crippen molar-refractivity contribution in [1.82, 2.24) is 18.7 Å². The molecular formula is C26H21Cl4F2N5O4. The van der Waals surface area contributed by atoms with E-state index in [1.54, 1.807) is 20.1 Å². The van der Waals surface area contributed by atoms with Crippen molar-refractivity contribution in [2.75, 3.05) is 0 Å². The molecule has 2 aliphatic heterocycles. The van der Waals surface area contributed by atoms with Gasteiger partial charge in [0.05, 0.1) is 16.1 Å². The van der Waals surface area contributed by atoms with Gasteiger partial charge < -0.3 is 0 Å². The second kappa shape index (κ2) is 11.6. The van der Waals surface area contributed by atoms with Crippen molar-refractivity contribution >= 4 is 52.1 Å². The second-order valence-corrected chi connectivity index (χ2v) is 11.1. The first-order valence-corrected chi connectivity index (χ1v) is 14.1. The minimum Gasteiger partial charge on any atom is -0.271 e. The van der Waals surface area contributed by atoms with Crippen LogP contribution in [-0.2, 0) is 26.2 Å². The predicted octanol–water partition coefficient (Wildman–Crippen LogP) is 7.02. The number of halogens is 6. The van der Waals surface area contributed by atoms with Crippen LogP contribution in [0.4, 0.5) is 14.5 Å². The van der Waals surface area contributed by atoms with E-state index in [0.717, 1.165) is 37.8 Å². The van der Waals surface area contributed by atoms with E-state index in [1.807, 2.05) is 0 Å². The average Bonchev–Trinajstić information content (AvgIpc) is 3.34. The van der Waals surface area contributed by atoms with Gasteiger partial charge in [-0.05, 0) is 43.9 Å². The fourth-order valence-corrected chi connectivity index (χ4v) is 6.16. The van der Waals surface area contributed by atoms with Crippen LogP contribution in [0, 0.1) is 21.7 Å². The second-order valence-electron chi connectivity index (χ2n) is 9.51. The number of benzene rings is 2. The predicted molar refractivity (Wildman–Crippen MR) is 153 cm³/mol. The summed E-state index contributed by atoms with van der Waals surface area (Å²) < 4.78 is 34.4. The number of nitro groups is 1. The van der Waals surface area contributed by atoms with Crippen molar-refractivity contribution in [3.63, 3.8) is 0 Å². The fraction of sp³-hybridized carbons (Fsp3) is 0.308. The van der Waals surface area contributed by atoms with Crippen molar-refractivity contribution < 1.29 is 13.7 Å². The summed E-state index contributed by atoms with van der Waals surface area (Å²) in [6.45, 7) is 2.33. The van der Waals surface area contributed by atoms with Crippen LogP contribution in [0.2, 0.25) is 20.4 Å². The maximum absolute atomic E-state index is 14.2. The van der Waals surface area contributed by atoms with Gasteiger partial charge in [-0.3, -0.25) is 29.1 Å². The smallest absolute Gasteiger partial charge is 0.271 e. The van der Waals surface area contributed by atoms with Gasteiger partial charge in [0, 0.05) is 54.5 Å². The topological polar surface area (TPSA) is 97.0 Å². The van der Waals surface area contributed by atoms with Crippen LogP contribution in [0.15, 0.2) is 39.9 Å². The molecule has 0 saturated heterocycles. The summed E-state index contributed by atoms with van der Waals surface area (Å²) in [4.78, 5) is 35.0. The Morgan fingerprint density at radius 1 is 0.683 bits per heavy atom. The first-order chi connectivity index (χ1) is 19.5. The molecule has 2 aromatic heterocycles. The highest BCUT2D eigenvalue weighted by atomic mass is 35.5. The highest BCUT2D eigenvalue weighted by molar-refractivity contribution is 6.34. The molecule has 0 spiro atoms. The molecule has 0 fully saturated rings. The number of hydrogen-bond acceptors (Lipinski definition) is 4. The van der Waals surface area contributed by atoms with Gasteiger partial charge in [-0.1, -0.05) is 46.4 Å². The van der Waals surface area contributed by atoms with Crippen LogP contribution in [-0.4, -0.2) is 23.7 Å². The van der Waals surface area contributed by atoms with Crippen molar-refractivity contribution in [3.05, 3.63) is 93.1 Å². The Morgan fingerprint density at radius 2 is 1.15 bits per heavy atom. The van der Waals surface area contributed by atoms with Crippen LogP contribution < -0.4 is 11.1 Å². The average molecular weight is 647 g/mol. The van der Waals surface area contributed by atoms with E-state index in [2.05, 4.69) is 0 Å². The zero-order valence-electron chi connectivity index (χ0n) is 21.2. The SMILES string of the molecule is O=c1c(-c2cc([N+](=O)[O-])c(Cl)cc2F)c(Cl)n2n1CCCC2.O=c1c(-c2ccc(Cl)cc2F)c(Cl)n2n1CCCC2. The summed E-state index contributed by atoms with van der Waals surface area (Å²) in [5, 5.41) is 11.3. The van der Waals surface area contributed by atoms with Crippen LogP contribution in [0.5, 0.6) is 0 Å². The van der Waals surface area contributed by atoms with E-state index in [1.165, 1.54) is 16.8 Å². The van der Waals surface area contributed by atoms with Crippen molar-refractivity contribution in [2.24, 2.45) is 0 Å². The third kappa shape index (κ3) is 5.31. The standard InChI is InChI=1S/C13H10Cl2FN3O3.C13H11Cl2FN2O/c14-8-6-9(16)7(5-10(8)19(21)22)11-12(15)17-3-1-2-4-18(17)13(11)20;14-8-3-4-9(10(16)7-8)11-12(15)17-5-1-2-6-18(17)13(11)19/h5-6H,1-4H2;3-4,7H,1-2,5-6H2. The minimum atomic E-state index is -0.821. The third-order valence-corrected chi connectivity index (χ3v) is 8.33. The van der Waals surface area contributed by atoms with E-state index in [4.69, 9.17) is 46.4 Å². The van der Waals surface area contributed by atoms with Gasteiger partial charge >= 0.3 is 0 Å². The highest BCUT2D eigenvalue weighted by Crippen LogP contribution is 2.35. The third-order valence-electron chi connectivity index (χ3n) is 7.03. The molecule has 0 N–H and O–H groups in total. The monoisotopic (exact) mass is 645 g/mol. The lowest BCUT2D eigenvalue weighted by molar-refractivity contribution is -0.384. The van der Waals surface area contributed by atoms with Crippen LogP contribution >= 0.6 is 46.4 Å². The molecule has 0 unspecified atom stereocenters. The van der Waals surface area contributed by atoms with Crippen molar-refractivity contribution in [2.45, 2.75) is 51.9 Å². The Labute approximate surface area is 251 Å². The van der Waals surface area contributed by atoms with Gasteiger partial charge in [0.15, 0.2) is 0 Å². The summed E-state index contributed by atoms with van der Waals surface area (Å²) in [6.07, 6.45) is 3.58. The molecule has 4 heterocycles. The van der Waals surface area contributed by atoms with Crippen molar-refractivity contribution in [3.8, 4) is 22.3 Å². The minimum absolute atomic E-state index is 0.0687. The van der Waals surface area contributed by atoms with Gasteiger partial charge in [-0.15, -0.1) is 0 Å². The molecule has 2 aliphatic rings. The van der Waals surface area contributed by atoms with Crippen LogP contribution in [0.25, 0.3) is 22.3 Å². The quantitative estimate of drug-likeness (QED) is 0.176. The molecule has 0 radical (unpaired) electrons. The fourth-order valence-electron chi connectivity index (χ4n) is 5.07. The molecule has 41 heavy (non-hydrogen) atoms. The summed E-state index contributed by atoms with van der Waals surface area (Å²) in [5.74, 6) is -1.35. The molecular weight excluding hydrogens is 626 g/mol. The Bertz CT molecular complexity index is 1810. The number of aromatic nitrogens is 4. The molecule has 2 aromatic carbocycles. The lowest BCUT2D eigenvalue weighted by Crippen LogP contribution is -2.27. The number of fused-ring (bicyclic) bond motifs is 2.